The van der Waals surface area contributed by atoms with Crippen molar-refractivity contribution in [1.82, 2.24) is 14.8 Å². The van der Waals surface area contributed by atoms with E-state index >= 15 is 0 Å². The standard InChI is InChI=1S/C21H18FN3O3.2C3H8.C2H6/c22-16-7-4-8-17-18(16)15(13-23-17)19(26)21(28)25-11-9-24(10-12-25)20(27)14-5-2-1-3-6-14;2*1-3-2;1-2/h1-8,13,23H,9-12H2;2*3H2,1-2H3;1-2H3. The molecule has 36 heavy (non-hydrogen) atoms. The monoisotopic (exact) mass is 497 g/mol. The first-order chi connectivity index (χ1) is 17.4. The largest absolute Gasteiger partial charge is 0.360 e. The summed E-state index contributed by atoms with van der Waals surface area (Å²) in [5.74, 6) is -2.08. The smallest absolute Gasteiger partial charge is 0.295 e. The zero-order chi connectivity index (χ0) is 27.1. The van der Waals surface area contributed by atoms with Crippen molar-refractivity contribution in [3.63, 3.8) is 0 Å². The zero-order valence-electron chi connectivity index (χ0n) is 22.4. The molecule has 7 heteroatoms. The second-order valence-corrected chi connectivity index (χ2v) is 8.06. The summed E-state index contributed by atoms with van der Waals surface area (Å²) in [6, 6.07) is 13.4. The number of hydrogen-bond acceptors (Lipinski definition) is 3. The lowest BCUT2D eigenvalue weighted by atomic mass is 10.1. The van der Waals surface area contributed by atoms with Crippen LogP contribution in [-0.4, -0.2) is 58.6 Å². The number of hydrogen-bond donors (Lipinski definition) is 1. The summed E-state index contributed by atoms with van der Waals surface area (Å²) in [5.41, 5.74) is 1.09. The molecule has 0 unspecified atom stereocenters. The maximum Gasteiger partial charge on any atom is 0.295 e. The third-order valence-electron chi connectivity index (χ3n) is 4.97. The molecule has 196 valence electrons. The number of amides is 2. The van der Waals surface area contributed by atoms with Crippen LogP contribution >= 0.6 is 0 Å². The van der Waals surface area contributed by atoms with E-state index in [-0.39, 0.29) is 29.9 Å². The van der Waals surface area contributed by atoms with Gasteiger partial charge in [-0.2, -0.15) is 0 Å². The highest BCUT2D eigenvalue weighted by Crippen LogP contribution is 2.22. The fraction of sp³-hybridized carbons (Fsp3) is 0.414. The number of benzene rings is 2. The Morgan fingerprint density at radius 3 is 1.89 bits per heavy atom. The van der Waals surface area contributed by atoms with Gasteiger partial charge in [0.05, 0.1) is 5.56 Å². The van der Waals surface area contributed by atoms with E-state index in [0.717, 1.165) is 0 Å². The summed E-state index contributed by atoms with van der Waals surface area (Å²) >= 11 is 0. The predicted molar refractivity (Wildman–Crippen MR) is 145 cm³/mol. The van der Waals surface area contributed by atoms with Gasteiger partial charge in [0, 0.05) is 48.8 Å². The zero-order valence-corrected chi connectivity index (χ0v) is 22.4. The Kier molecular flexibility index (Phi) is 13.8. The summed E-state index contributed by atoms with van der Waals surface area (Å²) in [7, 11) is 0. The summed E-state index contributed by atoms with van der Waals surface area (Å²) in [5, 5.41) is 0.124. The van der Waals surface area contributed by atoms with E-state index in [0.29, 0.717) is 24.2 Å². The van der Waals surface area contributed by atoms with E-state index in [4.69, 9.17) is 0 Å². The number of nitrogens with zero attached hydrogens (tertiary/aromatic N) is 2. The Bertz CT molecular complexity index is 1090. The van der Waals surface area contributed by atoms with E-state index in [1.54, 1.807) is 35.2 Å². The molecule has 1 aliphatic heterocycles. The fourth-order valence-corrected chi connectivity index (χ4v) is 3.45. The second kappa shape index (κ2) is 16.2. The van der Waals surface area contributed by atoms with Crippen molar-refractivity contribution in [2.75, 3.05) is 26.2 Å². The Morgan fingerprint density at radius 1 is 0.806 bits per heavy atom. The lowest BCUT2D eigenvalue weighted by Crippen LogP contribution is -2.52. The number of ketones is 1. The molecular formula is C29H40FN3O3. The maximum absolute atomic E-state index is 14.1. The highest BCUT2D eigenvalue weighted by molar-refractivity contribution is 6.44. The van der Waals surface area contributed by atoms with Crippen LogP contribution < -0.4 is 0 Å². The van der Waals surface area contributed by atoms with Gasteiger partial charge < -0.3 is 14.8 Å². The SMILES string of the molecule is CC.CCC.CCC.O=C(C(=O)N1CCN(C(=O)c2ccccc2)CC1)c1c[nH]c2cccc(F)c12. The van der Waals surface area contributed by atoms with Crippen LogP contribution in [0.4, 0.5) is 4.39 Å². The molecule has 2 heterocycles. The van der Waals surface area contributed by atoms with Gasteiger partial charge in [0.25, 0.3) is 17.6 Å². The Labute approximate surface area is 214 Å². The second-order valence-electron chi connectivity index (χ2n) is 8.06. The molecule has 3 aromatic rings. The van der Waals surface area contributed by atoms with Crippen molar-refractivity contribution >= 4 is 28.5 Å². The van der Waals surface area contributed by atoms with Crippen LogP contribution in [0.1, 0.15) is 75.1 Å². The minimum absolute atomic E-state index is 0.0286. The normalized spacial score (nSPS) is 12.3. The number of carbonyl (C=O) groups excluding carboxylic acids is 3. The molecule has 0 bridgehead atoms. The van der Waals surface area contributed by atoms with E-state index in [9.17, 15) is 18.8 Å². The Balaban J connectivity index is 0.000000725. The minimum atomic E-state index is -0.751. The average molecular weight is 498 g/mol. The molecule has 6 nitrogen and oxygen atoms in total. The number of H-pyrrole nitrogens is 1. The van der Waals surface area contributed by atoms with Crippen LogP contribution in [0.25, 0.3) is 10.9 Å². The number of nitrogens with one attached hydrogen (secondary N) is 1. The predicted octanol–water partition coefficient (Wildman–Crippen LogP) is 6.33. The van der Waals surface area contributed by atoms with Gasteiger partial charge in [0.2, 0.25) is 0 Å². The summed E-state index contributed by atoms with van der Waals surface area (Å²) in [6.07, 6.45) is 3.86. The lowest BCUT2D eigenvalue weighted by molar-refractivity contribution is -0.127. The van der Waals surface area contributed by atoms with Crippen molar-refractivity contribution in [3.05, 3.63) is 71.7 Å². The van der Waals surface area contributed by atoms with E-state index in [2.05, 4.69) is 32.7 Å². The molecule has 0 radical (unpaired) electrons. The van der Waals surface area contributed by atoms with Gasteiger partial charge in [0.1, 0.15) is 5.82 Å². The van der Waals surface area contributed by atoms with Gasteiger partial charge in [-0.15, -0.1) is 0 Å². The topological polar surface area (TPSA) is 73.5 Å². The van der Waals surface area contributed by atoms with Crippen molar-refractivity contribution < 1.29 is 18.8 Å². The minimum Gasteiger partial charge on any atom is -0.360 e. The molecule has 1 fully saturated rings. The summed E-state index contributed by atoms with van der Waals surface area (Å²) in [6.45, 7) is 13.7. The van der Waals surface area contributed by atoms with Crippen molar-refractivity contribution in [2.24, 2.45) is 0 Å². The summed E-state index contributed by atoms with van der Waals surface area (Å²) < 4.78 is 14.1. The van der Waals surface area contributed by atoms with E-state index < -0.39 is 17.5 Å². The van der Waals surface area contributed by atoms with Crippen molar-refractivity contribution in [3.8, 4) is 0 Å². The first-order valence-corrected chi connectivity index (χ1v) is 12.8. The number of rotatable bonds is 3. The van der Waals surface area contributed by atoms with Gasteiger partial charge in [-0.05, 0) is 24.3 Å². The third-order valence-corrected chi connectivity index (χ3v) is 4.97. The van der Waals surface area contributed by atoms with Crippen LogP contribution in [0.3, 0.4) is 0 Å². The van der Waals surface area contributed by atoms with Crippen LogP contribution in [-0.2, 0) is 4.79 Å². The van der Waals surface area contributed by atoms with Gasteiger partial charge >= 0.3 is 0 Å². The number of piperazine rings is 1. The molecule has 1 saturated heterocycles. The molecule has 0 atom stereocenters. The molecule has 4 rings (SSSR count). The lowest BCUT2D eigenvalue weighted by Gasteiger charge is -2.34. The quantitative estimate of drug-likeness (QED) is 0.339. The van der Waals surface area contributed by atoms with E-state index in [1.807, 2.05) is 19.9 Å². The Hall–Kier alpha value is -3.48. The van der Waals surface area contributed by atoms with E-state index in [1.165, 1.54) is 36.1 Å². The van der Waals surface area contributed by atoms with Gasteiger partial charge in [-0.25, -0.2) is 4.39 Å². The first-order valence-electron chi connectivity index (χ1n) is 12.8. The van der Waals surface area contributed by atoms with Crippen LogP contribution in [0.2, 0.25) is 0 Å². The highest BCUT2D eigenvalue weighted by Gasteiger charge is 2.30. The molecule has 0 aliphatic carbocycles. The van der Waals surface area contributed by atoms with Crippen LogP contribution in [0.15, 0.2) is 54.7 Å². The van der Waals surface area contributed by atoms with Crippen LogP contribution in [0, 0.1) is 5.82 Å². The van der Waals surface area contributed by atoms with Crippen LogP contribution in [0.5, 0.6) is 0 Å². The number of aromatic nitrogens is 1. The molecule has 2 aromatic carbocycles. The van der Waals surface area contributed by atoms with Gasteiger partial charge in [0.15, 0.2) is 0 Å². The molecule has 1 N–H and O–H groups in total. The maximum atomic E-state index is 14.1. The number of halogens is 1. The molecular weight excluding hydrogens is 457 g/mol. The van der Waals surface area contributed by atoms with Crippen molar-refractivity contribution in [1.29, 1.82) is 0 Å². The molecule has 1 aliphatic rings. The fourth-order valence-electron chi connectivity index (χ4n) is 3.45. The number of Topliss-reactive ketones (excluding diaryl/α,β-unsaturated/α-hetero) is 1. The number of aromatic amines is 1. The average Bonchev–Trinajstić information content (AvgIpc) is 3.36. The number of fused-ring (bicyclic) bond motifs is 1. The molecule has 0 spiro atoms. The van der Waals surface area contributed by atoms with Gasteiger partial charge in [-0.3, -0.25) is 14.4 Å². The molecule has 0 saturated carbocycles. The summed E-state index contributed by atoms with van der Waals surface area (Å²) in [4.78, 5) is 43.7. The number of carbonyl (C=O) groups is 3. The first kappa shape index (κ1) is 30.6. The van der Waals surface area contributed by atoms with Crippen molar-refractivity contribution in [2.45, 2.75) is 54.4 Å². The molecule has 2 amide bonds. The highest BCUT2D eigenvalue weighted by atomic mass is 19.1. The van der Waals surface area contributed by atoms with Gasteiger partial charge in [-0.1, -0.05) is 78.6 Å². The third kappa shape index (κ3) is 8.04. The Morgan fingerprint density at radius 2 is 1.33 bits per heavy atom. The molecule has 1 aromatic heterocycles.